The molecule has 0 saturated heterocycles. The van der Waals surface area contributed by atoms with Crippen molar-refractivity contribution in [3.05, 3.63) is 65.5 Å². The maximum Gasteiger partial charge on any atom is 0.257 e. The SMILES string of the molecule is CC.NC1(c2ccc(F)cc2)C(=O)Nc2ccccc2C1=O. The van der Waals surface area contributed by atoms with Crippen LogP contribution in [-0.4, -0.2) is 11.7 Å². The van der Waals surface area contributed by atoms with Crippen molar-refractivity contribution < 1.29 is 14.0 Å². The molecule has 1 heterocycles. The monoisotopic (exact) mass is 300 g/mol. The van der Waals surface area contributed by atoms with E-state index in [2.05, 4.69) is 5.32 Å². The van der Waals surface area contributed by atoms with Gasteiger partial charge in [-0.2, -0.15) is 0 Å². The average Bonchev–Trinajstić information content (AvgIpc) is 2.55. The van der Waals surface area contributed by atoms with Crippen LogP contribution in [0.5, 0.6) is 0 Å². The van der Waals surface area contributed by atoms with E-state index in [4.69, 9.17) is 5.73 Å². The Morgan fingerprint density at radius 1 is 1.00 bits per heavy atom. The standard InChI is InChI=1S/C15H11FN2O2.C2H6/c16-10-7-5-9(6-8-10)15(17)13(19)11-3-1-2-4-12(11)18-14(15)20;1-2/h1-8H,17H2,(H,18,20);1-2H3. The highest BCUT2D eigenvalue weighted by atomic mass is 19.1. The third kappa shape index (κ3) is 2.40. The lowest BCUT2D eigenvalue weighted by atomic mass is 9.79. The van der Waals surface area contributed by atoms with E-state index >= 15 is 0 Å². The van der Waals surface area contributed by atoms with Crippen molar-refractivity contribution in [1.82, 2.24) is 0 Å². The zero-order valence-corrected chi connectivity index (χ0v) is 12.4. The van der Waals surface area contributed by atoms with Crippen LogP contribution < -0.4 is 11.1 Å². The Morgan fingerprint density at radius 3 is 2.23 bits per heavy atom. The van der Waals surface area contributed by atoms with Crippen molar-refractivity contribution in [3.8, 4) is 0 Å². The number of carbonyl (C=O) groups excluding carboxylic acids is 2. The Labute approximate surface area is 128 Å². The highest BCUT2D eigenvalue weighted by molar-refractivity contribution is 6.27. The fraction of sp³-hybridized carbons (Fsp3) is 0.176. The molecule has 3 rings (SSSR count). The summed E-state index contributed by atoms with van der Waals surface area (Å²) in [6.45, 7) is 4.00. The molecule has 22 heavy (non-hydrogen) atoms. The lowest BCUT2D eigenvalue weighted by Crippen LogP contribution is -2.57. The van der Waals surface area contributed by atoms with Gasteiger partial charge in [-0.3, -0.25) is 9.59 Å². The van der Waals surface area contributed by atoms with Crippen LogP contribution >= 0.6 is 0 Å². The average molecular weight is 300 g/mol. The number of nitrogens with one attached hydrogen (secondary N) is 1. The van der Waals surface area contributed by atoms with Gasteiger partial charge in [0.2, 0.25) is 0 Å². The molecule has 1 unspecified atom stereocenters. The zero-order chi connectivity index (χ0) is 16.3. The van der Waals surface area contributed by atoms with E-state index in [1.54, 1.807) is 24.3 Å². The number of carbonyl (C=O) groups is 2. The van der Waals surface area contributed by atoms with Crippen LogP contribution in [0.15, 0.2) is 48.5 Å². The van der Waals surface area contributed by atoms with Crippen molar-refractivity contribution in [2.75, 3.05) is 5.32 Å². The number of para-hydroxylation sites is 1. The molecule has 0 radical (unpaired) electrons. The molecule has 5 heteroatoms. The topological polar surface area (TPSA) is 72.2 Å². The van der Waals surface area contributed by atoms with E-state index in [1.807, 2.05) is 13.8 Å². The van der Waals surface area contributed by atoms with Crippen LogP contribution in [0.25, 0.3) is 0 Å². The van der Waals surface area contributed by atoms with Crippen LogP contribution in [0.4, 0.5) is 10.1 Å². The molecule has 1 aliphatic heterocycles. The molecule has 0 aliphatic carbocycles. The third-order valence-corrected chi connectivity index (χ3v) is 3.44. The lowest BCUT2D eigenvalue weighted by Gasteiger charge is -2.32. The number of rotatable bonds is 1. The van der Waals surface area contributed by atoms with Gasteiger partial charge < -0.3 is 11.1 Å². The number of hydrogen-bond donors (Lipinski definition) is 2. The van der Waals surface area contributed by atoms with Crippen molar-refractivity contribution in [3.63, 3.8) is 0 Å². The van der Waals surface area contributed by atoms with E-state index in [-0.39, 0.29) is 5.56 Å². The molecule has 2 aromatic rings. The van der Waals surface area contributed by atoms with Gasteiger partial charge in [-0.05, 0) is 29.8 Å². The summed E-state index contributed by atoms with van der Waals surface area (Å²) in [7, 11) is 0. The summed E-state index contributed by atoms with van der Waals surface area (Å²) in [5, 5.41) is 2.62. The Morgan fingerprint density at radius 2 is 1.59 bits per heavy atom. The summed E-state index contributed by atoms with van der Waals surface area (Å²) < 4.78 is 13.0. The smallest absolute Gasteiger partial charge is 0.257 e. The molecule has 3 N–H and O–H groups in total. The number of ketones is 1. The summed E-state index contributed by atoms with van der Waals surface area (Å²) in [5.74, 6) is -1.57. The first kappa shape index (κ1) is 15.9. The van der Waals surface area contributed by atoms with Gasteiger partial charge in [-0.25, -0.2) is 4.39 Å². The molecule has 0 aromatic heterocycles. The van der Waals surface area contributed by atoms with Crippen molar-refractivity contribution in [2.24, 2.45) is 5.73 Å². The Bertz CT molecular complexity index is 713. The fourth-order valence-corrected chi connectivity index (χ4v) is 2.30. The van der Waals surface area contributed by atoms with Gasteiger partial charge in [0.1, 0.15) is 5.82 Å². The Kier molecular flexibility index (Phi) is 4.37. The van der Waals surface area contributed by atoms with Crippen LogP contribution in [-0.2, 0) is 10.3 Å². The highest BCUT2D eigenvalue weighted by Gasteiger charge is 2.48. The number of nitrogens with two attached hydrogens (primary N) is 1. The minimum absolute atomic E-state index is 0.260. The normalized spacial score (nSPS) is 19.6. The number of halogens is 1. The molecule has 0 saturated carbocycles. The molecule has 2 aromatic carbocycles. The molecule has 114 valence electrons. The Balaban J connectivity index is 0.000000847. The maximum atomic E-state index is 13.0. The molecule has 4 nitrogen and oxygen atoms in total. The summed E-state index contributed by atoms with van der Waals surface area (Å²) in [6, 6.07) is 11.7. The summed E-state index contributed by atoms with van der Waals surface area (Å²) in [6.07, 6.45) is 0. The first-order valence-corrected chi connectivity index (χ1v) is 7.03. The van der Waals surface area contributed by atoms with Gasteiger partial charge in [-0.15, -0.1) is 0 Å². The number of anilines is 1. The lowest BCUT2D eigenvalue weighted by molar-refractivity contribution is -0.120. The predicted molar refractivity (Wildman–Crippen MR) is 83.0 cm³/mol. The molecular weight excluding hydrogens is 283 g/mol. The first-order valence-electron chi connectivity index (χ1n) is 7.03. The third-order valence-electron chi connectivity index (χ3n) is 3.44. The Hall–Kier alpha value is -2.53. The number of Topliss-reactive ketones (excluding diaryl/α,β-unsaturated/α-hetero) is 1. The zero-order valence-electron chi connectivity index (χ0n) is 12.4. The highest BCUT2D eigenvalue weighted by Crippen LogP contribution is 2.32. The molecule has 1 amide bonds. The maximum absolute atomic E-state index is 13.0. The minimum atomic E-state index is -1.83. The molecule has 1 aliphatic rings. The van der Waals surface area contributed by atoms with Gasteiger partial charge in [0, 0.05) is 5.56 Å². The quantitative estimate of drug-likeness (QED) is 0.795. The van der Waals surface area contributed by atoms with E-state index in [0.717, 1.165) is 0 Å². The fourth-order valence-electron chi connectivity index (χ4n) is 2.30. The first-order chi connectivity index (χ1) is 10.5. The van der Waals surface area contributed by atoms with Crippen molar-refractivity contribution in [2.45, 2.75) is 19.4 Å². The van der Waals surface area contributed by atoms with Gasteiger partial charge in [0.05, 0.1) is 5.69 Å². The van der Waals surface area contributed by atoms with Gasteiger partial charge >= 0.3 is 0 Å². The van der Waals surface area contributed by atoms with E-state index in [9.17, 15) is 14.0 Å². The number of fused-ring (bicyclic) bond motifs is 1. The number of hydrogen-bond acceptors (Lipinski definition) is 3. The summed E-state index contributed by atoms with van der Waals surface area (Å²) >= 11 is 0. The van der Waals surface area contributed by atoms with Gasteiger partial charge in [0.15, 0.2) is 11.3 Å². The van der Waals surface area contributed by atoms with Gasteiger partial charge in [-0.1, -0.05) is 38.1 Å². The van der Waals surface area contributed by atoms with Crippen LogP contribution in [0.1, 0.15) is 29.8 Å². The predicted octanol–water partition coefficient (Wildman–Crippen LogP) is 2.84. The van der Waals surface area contributed by atoms with Gasteiger partial charge in [0.25, 0.3) is 5.91 Å². The second kappa shape index (κ2) is 6.07. The number of benzene rings is 2. The van der Waals surface area contributed by atoms with E-state index in [0.29, 0.717) is 11.3 Å². The molecule has 1 atom stereocenters. The van der Waals surface area contributed by atoms with Crippen molar-refractivity contribution in [1.29, 1.82) is 0 Å². The van der Waals surface area contributed by atoms with E-state index in [1.165, 1.54) is 24.3 Å². The van der Waals surface area contributed by atoms with Crippen LogP contribution in [0, 0.1) is 5.82 Å². The molecule has 0 spiro atoms. The second-order valence-electron chi connectivity index (χ2n) is 4.64. The van der Waals surface area contributed by atoms with E-state index < -0.39 is 23.0 Å². The molecule has 0 fully saturated rings. The number of amides is 1. The van der Waals surface area contributed by atoms with Crippen LogP contribution in [0.2, 0.25) is 0 Å². The van der Waals surface area contributed by atoms with Crippen LogP contribution in [0.3, 0.4) is 0 Å². The minimum Gasteiger partial charge on any atom is -0.323 e. The summed E-state index contributed by atoms with van der Waals surface area (Å²) in [4.78, 5) is 24.8. The molecular formula is C17H17FN2O2. The molecule has 0 bridgehead atoms. The second-order valence-corrected chi connectivity index (χ2v) is 4.64. The van der Waals surface area contributed by atoms with Crippen molar-refractivity contribution >= 4 is 17.4 Å². The largest absolute Gasteiger partial charge is 0.323 e. The summed E-state index contributed by atoms with van der Waals surface area (Å²) in [5.41, 5.74) is 5.26.